The van der Waals surface area contributed by atoms with Crippen molar-refractivity contribution in [1.29, 1.82) is 0 Å². The Morgan fingerprint density at radius 3 is 2.53 bits per heavy atom. The number of rotatable bonds is 6. The lowest BCUT2D eigenvalue weighted by Crippen LogP contribution is -2.51. The quantitative estimate of drug-likeness (QED) is 0.617. The summed E-state index contributed by atoms with van der Waals surface area (Å²) in [6.45, 7) is 1.41. The van der Waals surface area contributed by atoms with E-state index in [1.807, 2.05) is 0 Å². The van der Waals surface area contributed by atoms with Gasteiger partial charge in [-0.15, -0.1) is 0 Å². The van der Waals surface area contributed by atoms with Gasteiger partial charge in [0.15, 0.2) is 0 Å². The van der Waals surface area contributed by atoms with Crippen LogP contribution in [-0.2, 0) is 10.2 Å². The smallest absolute Gasteiger partial charge is 0.321 e. The van der Waals surface area contributed by atoms with Gasteiger partial charge in [-0.25, -0.2) is 9.18 Å². The number of pyridine rings is 1. The van der Waals surface area contributed by atoms with E-state index < -0.39 is 6.04 Å². The molecule has 0 bridgehead atoms. The Bertz CT molecular complexity index is 978. The molecule has 2 aromatic rings. The molecule has 2 aliphatic rings. The summed E-state index contributed by atoms with van der Waals surface area (Å²) in [6, 6.07) is 7.30. The van der Waals surface area contributed by atoms with Crippen molar-refractivity contribution in [2.75, 3.05) is 25.0 Å². The maximum absolute atomic E-state index is 14.3. The van der Waals surface area contributed by atoms with Crippen LogP contribution in [0.3, 0.4) is 0 Å². The predicted molar refractivity (Wildman–Crippen MR) is 121 cm³/mol. The second-order valence-corrected chi connectivity index (χ2v) is 9.08. The van der Waals surface area contributed by atoms with Gasteiger partial charge in [0.05, 0.1) is 6.04 Å². The molecule has 170 valence electrons. The molecule has 0 radical (unpaired) electrons. The van der Waals surface area contributed by atoms with Gasteiger partial charge in [0, 0.05) is 48.2 Å². The van der Waals surface area contributed by atoms with E-state index in [0.29, 0.717) is 48.7 Å². The number of carbonyl (C=O) groups is 2. The maximum atomic E-state index is 14.3. The van der Waals surface area contributed by atoms with Crippen molar-refractivity contribution in [3.63, 3.8) is 0 Å². The zero-order chi connectivity index (χ0) is 22.7. The van der Waals surface area contributed by atoms with Crippen molar-refractivity contribution < 1.29 is 14.0 Å². The third kappa shape index (κ3) is 5.02. The summed E-state index contributed by atoms with van der Waals surface area (Å²) < 4.78 is 14.3. The number of amides is 3. The van der Waals surface area contributed by atoms with E-state index >= 15 is 0 Å². The fraction of sp³-hybridized carbons (Fsp3) is 0.435. The molecule has 2 fully saturated rings. The highest BCUT2D eigenvalue weighted by Gasteiger charge is 2.46. The number of urea groups is 1. The first-order chi connectivity index (χ1) is 15.4. The minimum atomic E-state index is -0.661. The van der Waals surface area contributed by atoms with Gasteiger partial charge in [0.1, 0.15) is 5.82 Å². The van der Waals surface area contributed by atoms with Gasteiger partial charge in [0.2, 0.25) is 5.91 Å². The molecule has 1 aromatic heterocycles. The number of nitrogens with one attached hydrogen (secondary N) is 2. The van der Waals surface area contributed by atoms with Gasteiger partial charge in [-0.3, -0.25) is 9.78 Å². The molecule has 32 heavy (non-hydrogen) atoms. The lowest BCUT2D eigenvalue weighted by atomic mass is 9.89. The maximum Gasteiger partial charge on any atom is 0.321 e. The number of aromatic nitrogens is 1. The number of hydrogen-bond acceptors (Lipinski definition) is 4. The summed E-state index contributed by atoms with van der Waals surface area (Å²) in [4.78, 5) is 30.8. The van der Waals surface area contributed by atoms with Gasteiger partial charge in [-0.05, 0) is 61.4 Å². The van der Waals surface area contributed by atoms with Crippen LogP contribution in [0, 0.1) is 11.7 Å². The number of benzene rings is 1. The Kier molecular flexibility index (Phi) is 6.62. The molecule has 1 unspecified atom stereocenters. The Morgan fingerprint density at radius 2 is 1.91 bits per heavy atom. The van der Waals surface area contributed by atoms with E-state index in [2.05, 4.69) is 15.6 Å². The van der Waals surface area contributed by atoms with Crippen molar-refractivity contribution in [1.82, 2.24) is 15.2 Å². The summed E-state index contributed by atoms with van der Waals surface area (Å²) in [6.07, 6.45) is 6.15. The summed E-state index contributed by atoms with van der Waals surface area (Å²) >= 11 is 5.86. The number of likely N-dealkylation sites (tertiary alicyclic amines) is 1. The average molecular weight is 460 g/mol. The standard InChI is InChI=1S/C23H27ClFN5O2/c24-16-1-2-18(19(25)13-16)23(7-8-23)14-28-21(31)20(26)15-5-11-30(12-6-15)22(32)29-17-3-9-27-10-4-17/h1-4,9-10,13,15,20H,5-8,11-12,14,26H2,(H,28,31)(H,27,29,32). The first-order valence-electron chi connectivity index (χ1n) is 10.8. The van der Waals surface area contributed by atoms with Crippen molar-refractivity contribution in [2.45, 2.75) is 37.1 Å². The molecule has 1 aliphatic heterocycles. The fourth-order valence-electron chi connectivity index (χ4n) is 4.30. The number of carbonyl (C=O) groups excluding carboxylic acids is 2. The molecule has 3 amide bonds. The van der Waals surface area contributed by atoms with Crippen LogP contribution >= 0.6 is 11.6 Å². The molecule has 7 nitrogen and oxygen atoms in total. The van der Waals surface area contributed by atoms with Crippen molar-refractivity contribution in [2.24, 2.45) is 11.7 Å². The molecule has 1 saturated heterocycles. The number of nitrogens with two attached hydrogens (primary N) is 1. The predicted octanol–water partition coefficient (Wildman–Crippen LogP) is 3.29. The van der Waals surface area contributed by atoms with Crippen molar-refractivity contribution >= 4 is 29.2 Å². The number of nitrogens with zero attached hydrogens (tertiary/aromatic N) is 2. The normalized spacial score (nSPS) is 18.7. The number of piperidine rings is 1. The molecule has 1 saturated carbocycles. The van der Waals surface area contributed by atoms with Gasteiger partial charge >= 0.3 is 6.03 Å². The topological polar surface area (TPSA) is 100 Å². The van der Waals surface area contributed by atoms with Gasteiger partial charge in [0.25, 0.3) is 0 Å². The van der Waals surface area contributed by atoms with Crippen LogP contribution in [0.2, 0.25) is 5.02 Å². The summed E-state index contributed by atoms with van der Waals surface area (Å²) in [5.74, 6) is -0.585. The molecular formula is C23H27ClFN5O2. The van der Waals surface area contributed by atoms with Gasteiger partial charge in [-0.1, -0.05) is 17.7 Å². The molecule has 2 heterocycles. The van der Waals surface area contributed by atoms with E-state index in [9.17, 15) is 14.0 Å². The Hall–Kier alpha value is -2.71. The second kappa shape index (κ2) is 9.42. The van der Waals surface area contributed by atoms with Gasteiger partial charge < -0.3 is 21.3 Å². The summed E-state index contributed by atoms with van der Waals surface area (Å²) in [5.41, 5.74) is 7.15. The highest BCUT2D eigenvalue weighted by molar-refractivity contribution is 6.30. The van der Waals surface area contributed by atoms with Crippen LogP contribution in [0.15, 0.2) is 42.7 Å². The number of anilines is 1. The largest absolute Gasteiger partial charge is 0.354 e. The van der Waals surface area contributed by atoms with E-state index in [1.165, 1.54) is 6.07 Å². The Morgan fingerprint density at radius 1 is 1.22 bits per heavy atom. The molecule has 9 heteroatoms. The SMILES string of the molecule is NC(C(=O)NCC1(c2ccc(Cl)cc2F)CC1)C1CCN(C(=O)Nc2ccncc2)CC1. The van der Waals surface area contributed by atoms with Crippen molar-refractivity contribution in [3.05, 3.63) is 59.1 Å². The van der Waals surface area contributed by atoms with Crippen LogP contribution in [0.25, 0.3) is 0 Å². The van der Waals surface area contributed by atoms with Crippen molar-refractivity contribution in [3.8, 4) is 0 Å². The van der Waals surface area contributed by atoms with E-state index in [4.69, 9.17) is 17.3 Å². The number of hydrogen-bond donors (Lipinski definition) is 3. The van der Waals surface area contributed by atoms with Crippen LogP contribution in [-0.4, -0.2) is 47.5 Å². The average Bonchev–Trinajstić information content (AvgIpc) is 3.58. The third-order valence-corrected chi connectivity index (χ3v) is 6.76. The van der Waals surface area contributed by atoms with E-state index in [1.54, 1.807) is 41.6 Å². The summed E-state index contributed by atoms with van der Waals surface area (Å²) in [7, 11) is 0. The summed E-state index contributed by atoms with van der Waals surface area (Å²) in [5, 5.41) is 6.13. The molecular weight excluding hydrogens is 433 g/mol. The first-order valence-corrected chi connectivity index (χ1v) is 11.2. The lowest BCUT2D eigenvalue weighted by Gasteiger charge is -2.34. The van der Waals surface area contributed by atoms with Gasteiger partial charge in [-0.2, -0.15) is 0 Å². The minimum Gasteiger partial charge on any atom is -0.354 e. The lowest BCUT2D eigenvalue weighted by molar-refractivity contribution is -0.124. The van der Waals surface area contributed by atoms with Crippen LogP contribution in [0.1, 0.15) is 31.2 Å². The highest BCUT2D eigenvalue weighted by Crippen LogP contribution is 2.48. The Labute approximate surface area is 191 Å². The first kappa shape index (κ1) is 22.5. The number of halogens is 2. The van der Waals surface area contributed by atoms with E-state index in [0.717, 1.165) is 12.8 Å². The molecule has 0 spiro atoms. The molecule has 1 aromatic carbocycles. The second-order valence-electron chi connectivity index (χ2n) is 8.64. The van der Waals surface area contributed by atoms with E-state index in [-0.39, 0.29) is 29.1 Å². The monoisotopic (exact) mass is 459 g/mol. The molecule has 1 atom stereocenters. The van der Waals surface area contributed by atoms with Crippen LogP contribution in [0.4, 0.5) is 14.9 Å². The zero-order valence-electron chi connectivity index (χ0n) is 17.7. The third-order valence-electron chi connectivity index (χ3n) is 6.53. The fourth-order valence-corrected chi connectivity index (χ4v) is 4.46. The minimum absolute atomic E-state index is 0.0117. The zero-order valence-corrected chi connectivity index (χ0v) is 18.4. The van der Waals surface area contributed by atoms with Crippen LogP contribution < -0.4 is 16.4 Å². The highest BCUT2D eigenvalue weighted by atomic mass is 35.5. The molecule has 4 N–H and O–H groups in total. The van der Waals surface area contributed by atoms with Crippen LogP contribution in [0.5, 0.6) is 0 Å². The molecule has 4 rings (SSSR count). The Balaban J connectivity index is 1.26. The molecule has 1 aliphatic carbocycles.